The van der Waals surface area contributed by atoms with Gasteiger partial charge in [-0.15, -0.1) is 0 Å². The smallest absolute Gasteiger partial charge is 0.119 e. The lowest BCUT2D eigenvalue weighted by Crippen LogP contribution is -2.15. The molecule has 0 fully saturated rings. The van der Waals surface area contributed by atoms with Gasteiger partial charge in [0, 0.05) is 10.7 Å². The second-order valence-electron chi connectivity index (χ2n) is 4.13. The highest BCUT2D eigenvalue weighted by Gasteiger charge is 2.13. The van der Waals surface area contributed by atoms with Crippen molar-refractivity contribution in [2.45, 2.75) is 6.04 Å². The number of rotatable bonds is 5. The molecular formula is C15H16ClNO2. The molecule has 0 aliphatic rings. The van der Waals surface area contributed by atoms with Crippen molar-refractivity contribution >= 4 is 17.3 Å². The summed E-state index contributed by atoms with van der Waals surface area (Å²) >= 11 is 6.14. The summed E-state index contributed by atoms with van der Waals surface area (Å²) in [5.41, 5.74) is 1.78. The van der Waals surface area contributed by atoms with Crippen LogP contribution in [0.15, 0.2) is 48.5 Å². The molecule has 0 saturated carbocycles. The summed E-state index contributed by atoms with van der Waals surface area (Å²) in [6.45, 7) is -0.0320. The number of aliphatic hydroxyl groups excluding tert-OH is 1. The number of hydrogen-bond acceptors (Lipinski definition) is 3. The summed E-state index contributed by atoms with van der Waals surface area (Å²) < 4.78 is 5.11. The first-order valence-electron chi connectivity index (χ1n) is 6.00. The predicted octanol–water partition coefficient (Wildman–Crippen LogP) is 3.49. The molecule has 0 bridgehead atoms. The zero-order valence-electron chi connectivity index (χ0n) is 10.6. The highest BCUT2D eigenvalue weighted by atomic mass is 35.5. The van der Waals surface area contributed by atoms with Crippen LogP contribution in [0, 0.1) is 0 Å². The topological polar surface area (TPSA) is 41.5 Å². The van der Waals surface area contributed by atoms with Crippen molar-refractivity contribution in [1.29, 1.82) is 0 Å². The summed E-state index contributed by atoms with van der Waals surface area (Å²) in [5, 5.41) is 13.4. The molecule has 100 valence electrons. The Morgan fingerprint density at radius 3 is 2.42 bits per heavy atom. The van der Waals surface area contributed by atoms with Gasteiger partial charge in [-0.25, -0.2) is 0 Å². The minimum atomic E-state index is -0.234. The van der Waals surface area contributed by atoms with Gasteiger partial charge in [-0.2, -0.15) is 0 Å². The van der Waals surface area contributed by atoms with Gasteiger partial charge in [-0.05, 0) is 35.9 Å². The lowest BCUT2D eigenvalue weighted by molar-refractivity contribution is 0.276. The van der Waals surface area contributed by atoms with Gasteiger partial charge in [0.2, 0.25) is 0 Å². The van der Waals surface area contributed by atoms with Crippen LogP contribution >= 0.6 is 11.6 Å². The molecule has 0 heterocycles. The molecule has 0 aliphatic carbocycles. The fourth-order valence-corrected chi connectivity index (χ4v) is 2.14. The molecule has 1 unspecified atom stereocenters. The number of methoxy groups -OCH3 is 1. The first-order valence-corrected chi connectivity index (χ1v) is 6.38. The second kappa shape index (κ2) is 6.45. The maximum Gasteiger partial charge on any atom is 0.119 e. The van der Waals surface area contributed by atoms with Crippen LogP contribution in [-0.2, 0) is 0 Å². The minimum absolute atomic E-state index is 0.0320. The van der Waals surface area contributed by atoms with Crippen molar-refractivity contribution in [3.8, 4) is 5.75 Å². The van der Waals surface area contributed by atoms with Crippen LogP contribution < -0.4 is 10.1 Å². The Kier molecular flexibility index (Phi) is 4.66. The van der Waals surface area contributed by atoms with Crippen LogP contribution in [0.25, 0.3) is 0 Å². The quantitative estimate of drug-likeness (QED) is 0.879. The van der Waals surface area contributed by atoms with Crippen LogP contribution in [0.2, 0.25) is 5.02 Å². The van der Waals surface area contributed by atoms with Crippen LogP contribution in [0.1, 0.15) is 11.6 Å². The number of aliphatic hydroxyl groups is 1. The van der Waals surface area contributed by atoms with E-state index in [1.165, 1.54) is 0 Å². The molecule has 4 heteroatoms. The first kappa shape index (κ1) is 13.7. The van der Waals surface area contributed by atoms with Crippen molar-refractivity contribution in [3.05, 3.63) is 59.1 Å². The molecule has 2 aromatic carbocycles. The van der Waals surface area contributed by atoms with E-state index < -0.39 is 0 Å². The summed E-state index contributed by atoms with van der Waals surface area (Å²) in [6.07, 6.45) is 0. The molecular weight excluding hydrogens is 262 g/mol. The van der Waals surface area contributed by atoms with Gasteiger partial charge in [0.05, 0.1) is 19.8 Å². The van der Waals surface area contributed by atoms with Gasteiger partial charge in [-0.3, -0.25) is 0 Å². The van der Waals surface area contributed by atoms with E-state index in [1.807, 2.05) is 48.5 Å². The summed E-state index contributed by atoms with van der Waals surface area (Å²) in [4.78, 5) is 0. The van der Waals surface area contributed by atoms with Crippen LogP contribution in [-0.4, -0.2) is 18.8 Å². The Bertz CT molecular complexity index is 528. The number of halogens is 1. The summed E-state index contributed by atoms with van der Waals surface area (Å²) in [6, 6.07) is 14.8. The van der Waals surface area contributed by atoms with E-state index in [9.17, 15) is 5.11 Å². The Hall–Kier alpha value is -1.71. The Morgan fingerprint density at radius 2 is 1.84 bits per heavy atom. The Morgan fingerprint density at radius 1 is 1.16 bits per heavy atom. The first-order chi connectivity index (χ1) is 9.24. The summed E-state index contributed by atoms with van der Waals surface area (Å²) in [5.74, 6) is 0.795. The molecule has 0 radical (unpaired) electrons. The molecule has 19 heavy (non-hydrogen) atoms. The molecule has 3 nitrogen and oxygen atoms in total. The number of hydrogen-bond donors (Lipinski definition) is 2. The van der Waals surface area contributed by atoms with E-state index >= 15 is 0 Å². The summed E-state index contributed by atoms with van der Waals surface area (Å²) in [7, 11) is 1.63. The predicted molar refractivity (Wildman–Crippen MR) is 77.9 cm³/mol. The van der Waals surface area contributed by atoms with Crippen LogP contribution in [0.3, 0.4) is 0 Å². The van der Waals surface area contributed by atoms with E-state index in [0.717, 1.165) is 17.0 Å². The monoisotopic (exact) mass is 277 g/mol. The third kappa shape index (κ3) is 3.40. The zero-order chi connectivity index (χ0) is 13.7. The van der Waals surface area contributed by atoms with Crippen molar-refractivity contribution < 1.29 is 9.84 Å². The molecule has 2 N–H and O–H groups in total. The largest absolute Gasteiger partial charge is 0.497 e. The lowest BCUT2D eigenvalue weighted by Gasteiger charge is -2.19. The van der Waals surface area contributed by atoms with Gasteiger partial charge in [0.1, 0.15) is 5.75 Å². The molecule has 0 aromatic heterocycles. The van der Waals surface area contributed by atoms with E-state index in [2.05, 4.69) is 5.32 Å². The van der Waals surface area contributed by atoms with Gasteiger partial charge in [0.25, 0.3) is 0 Å². The SMILES string of the molecule is COc1ccc(NC(CO)c2ccccc2Cl)cc1. The Labute approximate surface area is 117 Å². The number of ether oxygens (including phenoxy) is 1. The van der Waals surface area contributed by atoms with Gasteiger partial charge < -0.3 is 15.2 Å². The van der Waals surface area contributed by atoms with Gasteiger partial charge >= 0.3 is 0 Å². The highest BCUT2D eigenvalue weighted by Crippen LogP contribution is 2.26. The molecule has 0 saturated heterocycles. The molecule has 0 amide bonds. The normalized spacial score (nSPS) is 11.9. The zero-order valence-corrected chi connectivity index (χ0v) is 11.4. The number of benzene rings is 2. The number of nitrogens with one attached hydrogen (secondary N) is 1. The van der Waals surface area contributed by atoms with Gasteiger partial charge in [-0.1, -0.05) is 29.8 Å². The minimum Gasteiger partial charge on any atom is -0.497 e. The van der Waals surface area contributed by atoms with Crippen LogP contribution in [0.5, 0.6) is 5.75 Å². The van der Waals surface area contributed by atoms with Crippen LogP contribution in [0.4, 0.5) is 5.69 Å². The molecule has 2 rings (SSSR count). The van der Waals surface area contributed by atoms with E-state index in [0.29, 0.717) is 5.02 Å². The standard InChI is InChI=1S/C15H16ClNO2/c1-19-12-8-6-11(7-9-12)17-15(10-18)13-4-2-3-5-14(13)16/h2-9,15,17-18H,10H2,1H3. The fourth-order valence-electron chi connectivity index (χ4n) is 1.87. The van der Waals surface area contributed by atoms with Crippen molar-refractivity contribution in [2.75, 3.05) is 19.0 Å². The van der Waals surface area contributed by atoms with E-state index in [-0.39, 0.29) is 12.6 Å². The average Bonchev–Trinajstić information content (AvgIpc) is 2.46. The fraction of sp³-hybridized carbons (Fsp3) is 0.200. The lowest BCUT2D eigenvalue weighted by atomic mass is 10.1. The molecule has 2 aromatic rings. The molecule has 0 aliphatic heterocycles. The third-order valence-corrected chi connectivity index (χ3v) is 3.24. The van der Waals surface area contributed by atoms with Crippen molar-refractivity contribution in [1.82, 2.24) is 0 Å². The molecule has 1 atom stereocenters. The Balaban J connectivity index is 2.17. The van der Waals surface area contributed by atoms with E-state index in [4.69, 9.17) is 16.3 Å². The number of anilines is 1. The van der Waals surface area contributed by atoms with Crippen molar-refractivity contribution in [3.63, 3.8) is 0 Å². The van der Waals surface area contributed by atoms with Gasteiger partial charge in [0.15, 0.2) is 0 Å². The average molecular weight is 278 g/mol. The third-order valence-electron chi connectivity index (χ3n) is 2.89. The maximum atomic E-state index is 9.52. The second-order valence-corrected chi connectivity index (χ2v) is 4.54. The van der Waals surface area contributed by atoms with E-state index in [1.54, 1.807) is 7.11 Å². The van der Waals surface area contributed by atoms with Crippen molar-refractivity contribution in [2.24, 2.45) is 0 Å². The molecule has 0 spiro atoms. The maximum absolute atomic E-state index is 9.52. The highest BCUT2D eigenvalue weighted by molar-refractivity contribution is 6.31.